The Morgan fingerprint density at radius 3 is 2.23 bits per heavy atom. The third kappa shape index (κ3) is 12.9. The number of fused-ring (bicyclic) bond motifs is 1. The van der Waals surface area contributed by atoms with Crippen LogP contribution in [-0.4, -0.2) is 132 Å². The van der Waals surface area contributed by atoms with Crippen LogP contribution >= 0.6 is 14.5 Å². The van der Waals surface area contributed by atoms with Crippen molar-refractivity contribution >= 4 is 67.2 Å². The lowest BCUT2D eigenvalue weighted by Gasteiger charge is -2.34. The predicted molar refractivity (Wildman–Crippen MR) is 174 cm³/mol. The van der Waals surface area contributed by atoms with Crippen molar-refractivity contribution in [1.82, 2.24) is 19.5 Å². The second-order valence-corrected chi connectivity index (χ2v) is 15.5. The number of phosphoric acid groups is 1. The molecule has 11 atom stereocenters. The molecule has 2 aromatic heterocycles. The third-order valence-electron chi connectivity index (χ3n) is 6.82. The summed E-state index contributed by atoms with van der Waals surface area (Å²) in [4.78, 5) is 79.7. The molecule has 3 rings (SSSR count). The van der Waals surface area contributed by atoms with Gasteiger partial charge in [-0.15, -0.1) is 0 Å². The number of hydrogen-bond acceptors (Lipinski definition) is 21. The van der Waals surface area contributed by atoms with Crippen molar-refractivity contribution in [2.75, 3.05) is 25.6 Å². The SMILES string of the molecule is CC(=O)OC[C@H](F)C(OC(OP(=O)(O)OP(O)(=S)OCC1OC(n2cnc3c(N)ncnc32)C(O)C1O)[C@@H](COC(C)=O)OC(C)=O)[C@H](C)OC(C)=O. The number of nitrogens with two attached hydrogens (primary N) is 1. The minimum absolute atomic E-state index is 0.0228. The Kier molecular flexibility index (Phi) is 15.7. The van der Waals surface area contributed by atoms with Gasteiger partial charge in [0.05, 0.1) is 12.9 Å². The second-order valence-electron chi connectivity index (χ2n) is 11.1. The van der Waals surface area contributed by atoms with Crippen LogP contribution in [0.25, 0.3) is 11.2 Å². The van der Waals surface area contributed by atoms with Gasteiger partial charge >= 0.3 is 38.4 Å². The maximum atomic E-state index is 15.4. The van der Waals surface area contributed by atoms with E-state index in [4.69, 9.17) is 54.6 Å². The number of nitrogens with zero attached hydrogens (tertiary/aromatic N) is 4. The third-order valence-corrected chi connectivity index (χ3v) is 10.3. The number of rotatable bonds is 19. The van der Waals surface area contributed by atoms with Gasteiger partial charge in [-0.25, -0.2) is 28.2 Å². The molecule has 0 amide bonds. The van der Waals surface area contributed by atoms with Crippen molar-refractivity contribution in [3.05, 3.63) is 12.7 Å². The summed E-state index contributed by atoms with van der Waals surface area (Å²) in [5.41, 5.74) is 6.09. The average molecular weight is 822 g/mol. The van der Waals surface area contributed by atoms with Gasteiger partial charge < -0.3 is 58.7 Å². The van der Waals surface area contributed by atoms with Crippen LogP contribution in [0.4, 0.5) is 10.2 Å². The number of aromatic nitrogens is 4. The van der Waals surface area contributed by atoms with E-state index in [2.05, 4.69) is 19.7 Å². The number of anilines is 1. The molecule has 0 aromatic carbocycles. The van der Waals surface area contributed by atoms with Crippen molar-refractivity contribution in [3.8, 4) is 0 Å². The second kappa shape index (κ2) is 18.8. The number of esters is 4. The van der Waals surface area contributed by atoms with Crippen LogP contribution in [0.5, 0.6) is 0 Å². The van der Waals surface area contributed by atoms with Crippen LogP contribution in [0.1, 0.15) is 40.8 Å². The Balaban J connectivity index is 1.82. The van der Waals surface area contributed by atoms with Gasteiger partial charge in [0.25, 0.3) is 0 Å². The van der Waals surface area contributed by atoms with Gasteiger partial charge in [0.1, 0.15) is 55.6 Å². The van der Waals surface area contributed by atoms with Crippen molar-refractivity contribution in [3.63, 3.8) is 0 Å². The van der Waals surface area contributed by atoms with Gasteiger partial charge in [0.15, 0.2) is 30.0 Å². The molecule has 3 heterocycles. The van der Waals surface area contributed by atoms with Gasteiger partial charge in [0, 0.05) is 27.7 Å². The number of phosphoric ester groups is 1. The molecule has 0 radical (unpaired) electrons. The van der Waals surface area contributed by atoms with Crippen LogP contribution in [0.2, 0.25) is 0 Å². The minimum atomic E-state index is -5.76. The van der Waals surface area contributed by atoms with Crippen LogP contribution in [0, 0.1) is 0 Å². The van der Waals surface area contributed by atoms with E-state index < -0.39 is 114 Å². The van der Waals surface area contributed by atoms with E-state index >= 15 is 4.39 Å². The molecule has 0 aliphatic carbocycles. The summed E-state index contributed by atoms with van der Waals surface area (Å²) in [6, 6.07) is 0. The molecule has 1 aliphatic heterocycles. The molecule has 1 aliphatic rings. The van der Waals surface area contributed by atoms with Gasteiger partial charge in [-0.05, 0) is 18.7 Å². The summed E-state index contributed by atoms with van der Waals surface area (Å²) >= 11 is 4.83. The van der Waals surface area contributed by atoms with Gasteiger partial charge in [-0.1, -0.05) is 0 Å². The Morgan fingerprint density at radius 2 is 1.62 bits per heavy atom. The lowest BCUT2D eigenvalue weighted by Crippen LogP contribution is -2.48. The first-order valence-electron chi connectivity index (χ1n) is 15.2. The molecule has 298 valence electrons. The first-order chi connectivity index (χ1) is 24.6. The maximum Gasteiger partial charge on any atom is 0.481 e. The Labute approximate surface area is 304 Å². The van der Waals surface area contributed by atoms with Gasteiger partial charge in [0.2, 0.25) is 6.29 Å². The monoisotopic (exact) mass is 821 g/mol. The lowest BCUT2D eigenvalue weighted by atomic mass is 10.1. The molecule has 1 saturated heterocycles. The Morgan fingerprint density at radius 1 is 1.00 bits per heavy atom. The Bertz CT molecular complexity index is 1720. The highest BCUT2D eigenvalue weighted by Crippen LogP contribution is 2.61. The molecule has 6 N–H and O–H groups in total. The van der Waals surface area contributed by atoms with Crippen molar-refractivity contribution in [2.45, 2.75) is 89.9 Å². The minimum Gasteiger partial charge on any atom is -0.463 e. The van der Waals surface area contributed by atoms with Crippen LogP contribution in [0.3, 0.4) is 0 Å². The van der Waals surface area contributed by atoms with Crippen LogP contribution in [0.15, 0.2) is 12.7 Å². The van der Waals surface area contributed by atoms with Gasteiger partial charge in [-0.2, -0.15) is 0 Å². The first kappa shape index (κ1) is 44.1. The van der Waals surface area contributed by atoms with E-state index in [0.717, 1.165) is 40.9 Å². The maximum absolute atomic E-state index is 15.4. The highest BCUT2D eigenvalue weighted by Gasteiger charge is 2.47. The number of carbonyl (C=O) groups excluding carboxylic acids is 4. The number of imidazole rings is 1. The number of nitrogen functional groups attached to an aromatic ring is 1. The lowest BCUT2D eigenvalue weighted by molar-refractivity contribution is -0.233. The van der Waals surface area contributed by atoms with E-state index in [9.17, 15) is 43.7 Å². The fourth-order valence-corrected chi connectivity index (χ4v) is 7.76. The normalized spacial score (nSPS) is 23.8. The number of hydrogen-bond donors (Lipinski definition) is 5. The molecular formula is C26H38FN5O18P2S. The summed E-state index contributed by atoms with van der Waals surface area (Å²) in [7, 11) is -5.76. The smallest absolute Gasteiger partial charge is 0.463 e. The van der Waals surface area contributed by atoms with E-state index in [0.29, 0.717) is 0 Å². The van der Waals surface area contributed by atoms with Crippen molar-refractivity contribution in [1.29, 1.82) is 0 Å². The molecule has 0 spiro atoms. The molecule has 0 saturated carbocycles. The molecule has 8 unspecified atom stereocenters. The zero-order valence-corrected chi connectivity index (χ0v) is 31.1. The number of aliphatic hydroxyl groups excluding tert-OH is 2. The quantitative estimate of drug-likeness (QED) is 0.0514. The summed E-state index contributed by atoms with van der Waals surface area (Å²) in [5, 5.41) is 21.3. The van der Waals surface area contributed by atoms with E-state index in [1.54, 1.807) is 0 Å². The summed E-state index contributed by atoms with van der Waals surface area (Å²) in [5.74, 6) is -3.84. The number of ether oxygens (including phenoxy) is 6. The number of alkyl halides is 1. The zero-order valence-electron chi connectivity index (χ0n) is 28.5. The van der Waals surface area contributed by atoms with E-state index in [-0.39, 0.29) is 17.0 Å². The topological polar surface area (TPSA) is 319 Å². The van der Waals surface area contributed by atoms with Crippen molar-refractivity contribution in [2.24, 2.45) is 0 Å². The van der Waals surface area contributed by atoms with E-state index in [1.165, 1.54) is 10.9 Å². The highest BCUT2D eigenvalue weighted by molar-refractivity contribution is 8.08. The standard InChI is InChI=1S/C26H38FN5O18P2S/c1-11(45-14(4)35)22(16(27)6-42-12(2)33)48-26(18(46-15(5)36)7-43-13(3)34)49-51(39,40)50-52(41,53)44-8-17-20(37)21(38)25(47-17)32-10-31-19-23(28)29-9-30-24(19)32/h9-11,16-18,20-22,25-26,37-38H,6-8H2,1-5H3,(H,39,40)(H,41,53)(H2,28,29,30)/t11-,16-,17?,18+,20?,21?,22?,25?,26?,52?/m0/s1. The van der Waals surface area contributed by atoms with E-state index in [1.807, 2.05) is 0 Å². The molecule has 27 heteroatoms. The Hall–Kier alpha value is -3.32. The first-order valence-corrected chi connectivity index (χ1v) is 19.2. The molecule has 1 fully saturated rings. The highest BCUT2D eigenvalue weighted by atomic mass is 32.5. The van der Waals surface area contributed by atoms with Gasteiger partial charge in [-0.3, -0.25) is 28.3 Å². The molecular weight excluding hydrogens is 783 g/mol. The molecule has 2 aromatic rings. The summed E-state index contributed by atoms with van der Waals surface area (Å²) < 4.78 is 75.3. The average Bonchev–Trinajstić information content (AvgIpc) is 3.58. The number of halogens is 1. The summed E-state index contributed by atoms with van der Waals surface area (Å²) in [6.07, 6.45) is -14.0. The van der Waals surface area contributed by atoms with Crippen LogP contribution < -0.4 is 5.73 Å². The number of carbonyl (C=O) groups is 4. The predicted octanol–water partition coefficient (Wildman–Crippen LogP) is -0.546. The molecule has 0 bridgehead atoms. The molecule has 23 nitrogen and oxygen atoms in total. The summed E-state index contributed by atoms with van der Waals surface area (Å²) in [6.45, 7) is -2.74. The van der Waals surface area contributed by atoms with Crippen LogP contribution in [-0.2, 0) is 77.3 Å². The number of aliphatic hydroxyl groups is 2. The largest absolute Gasteiger partial charge is 0.481 e. The fraction of sp³-hybridized carbons (Fsp3) is 0.654. The fourth-order valence-electron chi connectivity index (χ4n) is 4.65. The van der Waals surface area contributed by atoms with Crippen molar-refractivity contribution < 1.29 is 89.9 Å². The molecule has 53 heavy (non-hydrogen) atoms. The zero-order chi connectivity index (χ0) is 39.8.